The molecule has 1 saturated carbocycles. The highest BCUT2D eigenvalue weighted by atomic mass is 16.1. The van der Waals surface area contributed by atoms with Crippen molar-refractivity contribution in [2.75, 3.05) is 0 Å². The van der Waals surface area contributed by atoms with Gasteiger partial charge in [-0.2, -0.15) is 0 Å². The normalized spacial score (nSPS) is 24.5. The number of rotatable bonds is 4. The third kappa shape index (κ3) is 2.64. The summed E-state index contributed by atoms with van der Waals surface area (Å²) in [6.07, 6.45) is 8.15. The first kappa shape index (κ1) is 8.76. The van der Waals surface area contributed by atoms with E-state index in [9.17, 15) is 4.79 Å². The molecule has 1 aliphatic rings. The highest BCUT2D eigenvalue weighted by Crippen LogP contribution is 2.25. The van der Waals surface area contributed by atoms with Crippen LogP contribution in [0.4, 0.5) is 0 Å². The molecule has 1 nitrogen and oxygen atoms in total. The smallest absolute Gasteiger partial charge is 0.135 e. The molecule has 0 bridgehead atoms. The highest BCUT2D eigenvalue weighted by Gasteiger charge is 2.22. The Hall–Kier alpha value is -0.330. The third-order valence-electron chi connectivity index (χ3n) is 2.59. The molecule has 1 atom stereocenters. The number of Topliss-reactive ketones (excluding diaryl/α,β-unsaturated/α-hetero) is 1. The van der Waals surface area contributed by atoms with Crippen LogP contribution in [0.2, 0.25) is 0 Å². The van der Waals surface area contributed by atoms with E-state index >= 15 is 0 Å². The van der Waals surface area contributed by atoms with Crippen LogP contribution >= 0.6 is 0 Å². The number of carbonyl (C=O) groups excluding carboxylic acids is 1. The predicted molar refractivity (Wildman–Crippen MR) is 46.5 cm³/mol. The largest absolute Gasteiger partial charge is 0.299 e. The Labute approximate surface area is 69.2 Å². The van der Waals surface area contributed by atoms with Crippen molar-refractivity contribution in [2.24, 2.45) is 5.92 Å². The summed E-state index contributed by atoms with van der Waals surface area (Å²) in [5.74, 6) is 0.975. The van der Waals surface area contributed by atoms with E-state index in [1.165, 1.54) is 25.7 Å². The number of hydrogen-bond acceptors (Lipinski definition) is 1. The molecule has 1 rings (SSSR count). The van der Waals surface area contributed by atoms with Crippen molar-refractivity contribution >= 4 is 5.78 Å². The van der Waals surface area contributed by atoms with E-state index in [0.717, 1.165) is 19.3 Å². The van der Waals surface area contributed by atoms with Crippen molar-refractivity contribution in [2.45, 2.75) is 51.9 Å². The van der Waals surface area contributed by atoms with Crippen LogP contribution in [0.1, 0.15) is 51.9 Å². The van der Waals surface area contributed by atoms with Crippen LogP contribution in [0.25, 0.3) is 0 Å². The van der Waals surface area contributed by atoms with Crippen molar-refractivity contribution in [1.82, 2.24) is 0 Å². The van der Waals surface area contributed by atoms with Gasteiger partial charge in [-0.05, 0) is 19.3 Å². The predicted octanol–water partition coefficient (Wildman–Crippen LogP) is 2.94. The fourth-order valence-corrected chi connectivity index (χ4v) is 1.83. The molecular formula is C10H18O. The van der Waals surface area contributed by atoms with Gasteiger partial charge in [0.05, 0.1) is 0 Å². The molecule has 1 fully saturated rings. The lowest BCUT2D eigenvalue weighted by molar-refractivity contribution is -0.120. The summed E-state index contributed by atoms with van der Waals surface area (Å²) in [4.78, 5) is 11.2. The van der Waals surface area contributed by atoms with E-state index in [1.807, 2.05) is 0 Å². The summed E-state index contributed by atoms with van der Waals surface area (Å²) in [5, 5.41) is 0. The zero-order valence-corrected chi connectivity index (χ0v) is 7.44. The number of hydrogen-bond donors (Lipinski definition) is 0. The molecule has 0 aliphatic heterocycles. The van der Waals surface area contributed by atoms with Gasteiger partial charge >= 0.3 is 0 Å². The SMILES string of the molecule is CCCCC[C@H]1CCCC1=O. The summed E-state index contributed by atoms with van der Waals surface area (Å²) < 4.78 is 0. The Bertz CT molecular complexity index is 129. The molecule has 1 heteroatoms. The highest BCUT2D eigenvalue weighted by molar-refractivity contribution is 5.82. The lowest BCUT2D eigenvalue weighted by Crippen LogP contribution is -2.05. The van der Waals surface area contributed by atoms with E-state index in [2.05, 4.69) is 6.92 Å². The minimum atomic E-state index is 0.446. The molecule has 0 heterocycles. The van der Waals surface area contributed by atoms with Gasteiger partial charge in [0.25, 0.3) is 0 Å². The number of carbonyl (C=O) groups is 1. The molecule has 0 radical (unpaired) electrons. The van der Waals surface area contributed by atoms with Gasteiger partial charge in [-0.3, -0.25) is 4.79 Å². The van der Waals surface area contributed by atoms with Crippen LogP contribution in [0.3, 0.4) is 0 Å². The fourth-order valence-electron chi connectivity index (χ4n) is 1.83. The van der Waals surface area contributed by atoms with Gasteiger partial charge in [-0.1, -0.05) is 26.2 Å². The molecule has 0 aromatic carbocycles. The van der Waals surface area contributed by atoms with E-state index in [0.29, 0.717) is 11.7 Å². The van der Waals surface area contributed by atoms with Gasteiger partial charge in [-0.15, -0.1) is 0 Å². The molecular weight excluding hydrogens is 136 g/mol. The molecule has 0 amide bonds. The molecule has 0 aromatic rings. The van der Waals surface area contributed by atoms with Crippen LogP contribution in [-0.2, 0) is 4.79 Å². The second kappa shape index (κ2) is 4.53. The van der Waals surface area contributed by atoms with Crippen LogP contribution in [0.5, 0.6) is 0 Å². The number of unbranched alkanes of at least 4 members (excludes halogenated alkanes) is 2. The summed E-state index contributed by atoms with van der Waals surface area (Å²) in [7, 11) is 0. The second-order valence-corrected chi connectivity index (χ2v) is 3.55. The standard InChI is InChI=1S/C10H18O/c1-2-3-4-6-9-7-5-8-10(9)11/h9H,2-8H2,1H3/t9-/m0/s1. The molecule has 0 N–H and O–H groups in total. The monoisotopic (exact) mass is 154 g/mol. The first-order chi connectivity index (χ1) is 5.34. The maximum Gasteiger partial charge on any atom is 0.135 e. The van der Waals surface area contributed by atoms with Crippen molar-refractivity contribution in [3.8, 4) is 0 Å². The third-order valence-corrected chi connectivity index (χ3v) is 2.59. The minimum Gasteiger partial charge on any atom is -0.299 e. The van der Waals surface area contributed by atoms with Crippen LogP contribution in [0, 0.1) is 5.92 Å². The molecule has 0 saturated heterocycles. The average Bonchev–Trinajstić information content (AvgIpc) is 2.37. The first-order valence-corrected chi connectivity index (χ1v) is 4.87. The number of ketones is 1. The Balaban J connectivity index is 2.10. The molecule has 0 spiro atoms. The summed E-state index contributed by atoms with van der Waals surface area (Å²) in [6, 6.07) is 0. The van der Waals surface area contributed by atoms with E-state index in [1.54, 1.807) is 0 Å². The van der Waals surface area contributed by atoms with Crippen molar-refractivity contribution in [3.05, 3.63) is 0 Å². The average molecular weight is 154 g/mol. The van der Waals surface area contributed by atoms with Crippen molar-refractivity contribution in [3.63, 3.8) is 0 Å². The molecule has 0 aromatic heterocycles. The van der Waals surface area contributed by atoms with E-state index < -0.39 is 0 Å². The van der Waals surface area contributed by atoms with Gasteiger partial charge in [0.1, 0.15) is 5.78 Å². The van der Waals surface area contributed by atoms with Gasteiger partial charge in [0.2, 0.25) is 0 Å². The minimum absolute atomic E-state index is 0.446. The first-order valence-electron chi connectivity index (χ1n) is 4.87. The lowest BCUT2D eigenvalue weighted by atomic mass is 9.99. The van der Waals surface area contributed by atoms with Crippen LogP contribution in [0.15, 0.2) is 0 Å². The zero-order valence-electron chi connectivity index (χ0n) is 7.44. The van der Waals surface area contributed by atoms with E-state index in [4.69, 9.17) is 0 Å². The maximum absolute atomic E-state index is 11.2. The fraction of sp³-hybridized carbons (Fsp3) is 0.900. The summed E-state index contributed by atoms with van der Waals surface area (Å²) >= 11 is 0. The molecule has 0 unspecified atom stereocenters. The quantitative estimate of drug-likeness (QED) is 0.569. The van der Waals surface area contributed by atoms with Crippen LogP contribution < -0.4 is 0 Å². The Morgan fingerprint density at radius 3 is 2.82 bits per heavy atom. The summed E-state index contributed by atoms with van der Waals surface area (Å²) in [6.45, 7) is 2.20. The topological polar surface area (TPSA) is 17.1 Å². The van der Waals surface area contributed by atoms with E-state index in [-0.39, 0.29) is 0 Å². The Morgan fingerprint density at radius 2 is 2.27 bits per heavy atom. The maximum atomic E-state index is 11.2. The van der Waals surface area contributed by atoms with Gasteiger partial charge in [0, 0.05) is 12.3 Å². The van der Waals surface area contributed by atoms with Crippen molar-refractivity contribution in [1.29, 1.82) is 0 Å². The van der Waals surface area contributed by atoms with Gasteiger partial charge in [0.15, 0.2) is 0 Å². The van der Waals surface area contributed by atoms with Crippen LogP contribution in [-0.4, -0.2) is 5.78 Å². The summed E-state index contributed by atoms with van der Waals surface area (Å²) in [5.41, 5.74) is 0. The van der Waals surface area contributed by atoms with Gasteiger partial charge in [-0.25, -0.2) is 0 Å². The Kier molecular flexibility index (Phi) is 3.61. The lowest BCUT2D eigenvalue weighted by Gasteiger charge is -2.05. The van der Waals surface area contributed by atoms with Crippen molar-refractivity contribution < 1.29 is 4.79 Å². The molecule has 64 valence electrons. The Morgan fingerprint density at radius 1 is 1.45 bits per heavy atom. The molecule has 11 heavy (non-hydrogen) atoms. The molecule has 1 aliphatic carbocycles. The zero-order chi connectivity index (χ0) is 8.10. The second-order valence-electron chi connectivity index (χ2n) is 3.55. The van der Waals surface area contributed by atoms with Gasteiger partial charge < -0.3 is 0 Å².